The number of hydrogen-bond acceptors (Lipinski definition) is 6. The van der Waals surface area contributed by atoms with Gasteiger partial charge in [-0.1, -0.05) is 15.9 Å². The third-order valence-electron chi connectivity index (χ3n) is 4.06. The fraction of sp³-hybridized carbons (Fsp3) is 0.267. The van der Waals surface area contributed by atoms with E-state index >= 15 is 0 Å². The maximum Gasteiger partial charge on any atom is 0.327 e. The second-order valence-corrected chi connectivity index (χ2v) is 7.67. The third-order valence-corrected chi connectivity index (χ3v) is 5.68. The molecule has 0 saturated carbocycles. The molecule has 136 valence electrons. The summed E-state index contributed by atoms with van der Waals surface area (Å²) in [6.45, 7) is 0. The van der Waals surface area contributed by atoms with Gasteiger partial charge in [-0.3, -0.25) is 24.1 Å². The number of aliphatic carboxylic acids is 2. The maximum atomic E-state index is 12.7. The highest BCUT2D eigenvalue weighted by atomic mass is 79.9. The largest absolute Gasteiger partial charge is 0.481 e. The molecule has 3 N–H and O–H groups in total. The van der Waals surface area contributed by atoms with Crippen LogP contribution in [-0.2, 0) is 19.2 Å². The van der Waals surface area contributed by atoms with Crippen LogP contribution < -0.4 is 5.32 Å². The Morgan fingerprint density at radius 2 is 1.96 bits per heavy atom. The molecule has 0 radical (unpaired) electrons. The van der Waals surface area contributed by atoms with Crippen molar-refractivity contribution in [1.82, 2.24) is 4.90 Å². The monoisotopic (exact) mass is 442 g/mol. The number of benzene rings is 1. The van der Waals surface area contributed by atoms with Crippen LogP contribution >= 0.6 is 27.7 Å². The number of imide groups is 1. The minimum Gasteiger partial charge on any atom is -0.481 e. The van der Waals surface area contributed by atoms with Gasteiger partial charge in [0.2, 0.25) is 11.8 Å². The van der Waals surface area contributed by atoms with Gasteiger partial charge in [-0.2, -0.15) is 0 Å². The molecule has 3 unspecified atom stereocenters. The summed E-state index contributed by atoms with van der Waals surface area (Å²) >= 11 is 3.81. The van der Waals surface area contributed by atoms with Crippen molar-refractivity contribution in [3.8, 4) is 0 Å². The van der Waals surface area contributed by atoms with Crippen LogP contribution in [0.5, 0.6) is 0 Å². The number of anilines is 1. The number of carbonyl (C=O) groups is 5. The number of halogens is 1. The number of hydrogen-bond donors (Lipinski definition) is 3. The third kappa shape index (κ3) is 3.07. The summed E-state index contributed by atoms with van der Waals surface area (Å²) in [6.07, 6.45) is -0.918. The van der Waals surface area contributed by atoms with Gasteiger partial charge in [-0.15, -0.1) is 0 Å². The van der Waals surface area contributed by atoms with E-state index in [0.717, 1.165) is 0 Å². The number of carboxylic acid groups (broad SMARTS) is 2. The molecule has 0 spiro atoms. The minimum atomic E-state index is -1.82. The van der Waals surface area contributed by atoms with E-state index in [0.29, 0.717) is 32.4 Å². The van der Waals surface area contributed by atoms with E-state index in [1.54, 1.807) is 18.2 Å². The fourth-order valence-corrected chi connectivity index (χ4v) is 4.49. The lowest BCUT2D eigenvalue weighted by atomic mass is 9.95. The Labute approximate surface area is 158 Å². The van der Waals surface area contributed by atoms with Crippen LogP contribution in [0.25, 0.3) is 0 Å². The first kappa shape index (κ1) is 18.4. The summed E-state index contributed by atoms with van der Waals surface area (Å²) in [5, 5.41) is 18.6. The lowest BCUT2D eigenvalue weighted by Gasteiger charge is -2.21. The van der Waals surface area contributed by atoms with Crippen LogP contribution in [0.15, 0.2) is 22.7 Å². The number of nitrogens with one attached hydrogen (secondary N) is 1. The smallest absolute Gasteiger partial charge is 0.327 e. The molecule has 0 aliphatic carbocycles. The summed E-state index contributed by atoms with van der Waals surface area (Å²) in [5.41, 5.74) is 1.01. The molecule has 1 aromatic rings. The summed E-state index contributed by atoms with van der Waals surface area (Å²) in [7, 11) is 0. The number of nitrogens with zero attached hydrogens (tertiary/aromatic N) is 1. The molecule has 3 amide bonds. The normalized spacial score (nSPS) is 23.0. The van der Waals surface area contributed by atoms with Gasteiger partial charge in [0.25, 0.3) is 5.24 Å². The topological polar surface area (TPSA) is 141 Å². The summed E-state index contributed by atoms with van der Waals surface area (Å²) in [4.78, 5) is 59.9. The van der Waals surface area contributed by atoms with E-state index < -0.39 is 52.6 Å². The Kier molecular flexibility index (Phi) is 4.76. The number of amides is 3. The van der Waals surface area contributed by atoms with Crippen molar-refractivity contribution >= 4 is 62.4 Å². The molecular formula is C15H11BrN2O7S. The predicted molar refractivity (Wildman–Crippen MR) is 92.8 cm³/mol. The van der Waals surface area contributed by atoms with Crippen LogP contribution in [0, 0.1) is 0 Å². The quantitative estimate of drug-likeness (QED) is 0.622. The zero-order valence-electron chi connectivity index (χ0n) is 12.8. The van der Waals surface area contributed by atoms with E-state index in [1.165, 1.54) is 0 Å². The van der Waals surface area contributed by atoms with E-state index in [4.69, 9.17) is 5.11 Å². The summed E-state index contributed by atoms with van der Waals surface area (Å²) < 4.78 is 0.672. The Morgan fingerprint density at radius 1 is 1.27 bits per heavy atom. The van der Waals surface area contributed by atoms with Gasteiger partial charge in [-0.05, 0) is 35.5 Å². The summed E-state index contributed by atoms with van der Waals surface area (Å²) in [5.74, 6) is -5.41. The van der Waals surface area contributed by atoms with Crippen LogP contribution in [-0.4, -0.2) is 55.4 Å². The molecule has 0 bridgehead atoms. The van der Waals surface area contributed by atoms with Gasteiger partial charge in [0.15, 0.2) is 0 Å². The van der Waals surface area contributed by atoms with Crippen LogP contribution in [0.3, 0.4) is 0 Å². The lowest BCUT2D eigenvalue weighted by molar-refractivity contribution is -0.151. The molecule has 2 aliphatic rings. The van der Waals surface area contributed by atoms with Crippen LogP contribution in [0.2, 0.25) is 0 Å². The second-order valence-electron chi connectivity index (χ2n) is 5.66. The van der Waals surface area contributed by atoms with Gasteiger partial charge in [-0.25, -0.2) is 4.79 Å². The van der Waals surface area contributed by atoms with Crippen molar-refractivity contribution in [2.75, 3.05) is 5.32 Å². The van der Waals surface area contributed by atoms with E-state index in [9.17, 15) is 29.1 Å². The SMILES string of the molecule is O=C(O)CC(C(=O)O)N1C(=O)SC(C2C(=O)Nc3ccc(Br)cc32)C1=O. The molecule has 1 saturated heterocycles. The second kappa shape index (κ2) is 6.72. The lowest BCUT2D eigenvalue weighted by Crippen LogP contribution is -2.47. The van der Waals surface area contributed by atoms with E-state index in [-0.39, 0.29) is 0 Å². The number of carbonyl (C=O) groups excluding carboxylic acids is 3. The highest BCUT2D eigenvalue weighted by molar-refractivity contribution is 9.10. The molecule has 26 heavy (non-hydrogen) atoms. The van der Waals surface area contributed by atoms with Crippen molar-refractivity contribution in [3.05, 3.63) is 28.2 Å². The number of fused-ring (bicyclic) bond motifs is 1. The number of thioether (sulfide) groups is 1. The first-order chi connectivity index (χ1) is 12.2. The van der Waals surface area contributed by atoms with Crippen molar-refractivity contribution in [1.29, 1.82) is 0 Å². The first-order valence-electron chi connectivity index (χ1n) is 7.29. The minimum absolute atomic E-state index is 0.426. The highest BCUT2D eigenvalue weighted by Crippen LogP contribution is 2.44. The van der Waals surface area contributed by atoms with Gasteiger partial charge in [0, 0.05) is 10.2 Å². The van der Waals surface area contributed by atoms with E-state index in [1.807, 2.05) is 0 Å². The molecule has 9 nitrogen and oxygen atoms in total. The standard InChI is InChI=1S/C15H11BrN2O7S/c16-5-1-2-7-6(3-5)10(12(21)17-7)11-13(22)18(15(25)26-11)8(14(23)24)4-9(19)20/h1-3,8,10-11H,4H2,(H,17,21)(H,19,20)(H,23,24). The molecule has 1 aromatic carbocycles. The molecule has 1 fully saturated rings. The van der Waals surface area contributed by atoms with Crippen molar-refractivity contribution in [2.24, 2.45) is 0 Å². The van der Waals surface area contributed by atoms with Gasteiger partial charge < -0.3 is 15.5 Å². The van der Waals surface area contributed by atoms with Crippen molar-refractivity contribution < 1.29 is 34.2 Å². The van der Waals surface area contributed by atoms with Crippen LogP contribution in [0.4, 0.5) is 10.5 Å². The maximum absolute atomic E-state index is 12.7. The molecule has 0 aromatic heterocycles. The van der Waals surface area contributed by atoms with Gasteiger partial charge >= 0.3 is 11.9 Å². The summed E-state index contributed by atoms with van der Waals surface area (Å²) in [6, 6.07) is 3.17. The van der Waals surface area contributed by atoms with Crippen molar-refractivity contribution in [3.63, 3.8) is 0 Å². The Hall–Kier alpha value is -2.40. The van der Waals surface area contributed by atoms with Crippen molar-refractivity contribution in [2.45, 2.75) is 23.6 Å². The molecule has 2 aliphatic heterocycles. The fourth-order valence-electron chi connectivity index (χ4n) is 2.95. The zero-order valence-corrected chi connectivity index (χ0v) is 15.2. The number of rotatable bonds is 5. The molecular weight excluding hydrogens is 432 g/mol. The Bertz CT molecular complexity index is 858. The molecule has 2 heterocycles. The number of carboxylic acids is 2. The molecule has 3 atom stereocenters. The predicted octanol–water partition coefficient (Wildman–Crippen LogP) is 1.48. The van der Waals surface area contributed by atoms with Gasteiger partial charge in [0.1, 0.15) is 11.3 Å². The molecule has 3 rings (SSSR count). The molecule has 11 heteroatoms. The van der Waals surface area contributed by atoms with E-state index in [2.05, 4.69) is 21.2 Å². The average molecular weight is 443 g/mol. The van der Waals surface area contributed by atoms with Crippen LogP contribution in [0.1, 0.15) is 17.9 Å². The average Bonchev–Trinajstić information content (AvgIpc) is 3.00. The van der Waals surface area contributed by atoms with Gasteiger partial charge in [0.05, 0.1) is 12.3 Å². The Morgan fingerprint density at radius 3 is 2.58 bits per heavy atom. The highest BCUT2D eigenvalue weighted by Gasteiger charge is 2.53. The zero-order chi connectivity index (χ0) is 19.2. The first-order valence-corrected chi connectivity index (χ1v) is 8.96. The Balaban J connectivity index is 1.95.